The van der Waals surface area contributed by atoms with Crippen molar-refractivity contribution >= 4 is 10.9 Å². The third kappa shape index (κ3) is 2.73. The lowest BCUT2D eigenvalue weighted by Crippen LogP contribution is -2.43. The summed E-state index contributed by atoms with van der Waals surface area (Å²) in [5, 5.41) is 20.0. The van der Waals surface area contributed by atoms with E-state index in [4.69, 9.17) is 0 Å². The molecule has 4 heteroatoms. The molecule has 25 heavy (non-hydrogen) atoms. The lowest BCUT2D eigenvalue weighted by Gasteiger charge is -2.40. The fourth-order valence-corrected chi connectivity index (χ4v) is 3.62. The molecule has 4 nitrogen and oxygen atoms in total. The first kappa shape index (κ1) is 15.6. The number of hydrogen-bond donors (Lipinski definition) is 2. The highest BCUT2D eigenvalue weighted by atomic mass is 16.3. The minimum Gasteiger partial charge on any atom is -0.393 e. The maximum atomic E-state index is 12.3. The van der Waals surface area contributed by atoms with Gasteiger partial charge < -0.3 is 10.1 Å². The summed E-state index contributed by atoms with van der Waals surface area (Å²) in [6.07, 6.45) is 1.15. The number of pyridine rings is 1. The van der Waals surface area contributed by atoms with E-state index >= 15 is 0 Å². The zero-order valence-electron chi connectivity index (χ0n) is 13.7. The van der Waals surface area contributed by atoms with Crippen LogP contribution in [0.2, 0.25) is 0 Å². The Bertz CT molecular complexity index is 1020. The molecule has 0 unspecified atom stereocenters. The van der Waals surface area contributed by atoms with E-state index in [0.29, 0.717) is 19.3 Å². The number of benzene rings is 2. The van der Waals surface area contributed by atoms with E-state index in [9.17, 15) is 15.2 Å². The van der Waals surface area contributed by atoms with Gasteiger partial charge in [-0.3, -0.25) is 4.79 Å². The van der Waals surface area contributed by atoms with Gasteiger partial charge in [0.2, 0.25) is 0 Å². The maximum absolute atomic E-state index is 12.3. The van der Waals surface area contributed by atoms with Crippen LogP contribution in [0.15, 0.2) is 59.4 Å². The van der Waals surface area contributed by atoms with Gasteiger partial charge in [-0.2, -0.15) is 5.26 Å². The van der Waals surface area contributed by atoms with E-state index in [1.165, 1.54) is 0 Å². The minimum atomic E-state index is -0.557. The van der Waals surface area contributed by atoms with Gasteiger partial charge in [-0.1, -0.05) is 42.5 Å². The van der Waals surface area contributed by atoms with Crippen molar-refractivity contribution in [3.05, 3.63) is 81.6 Å². The van der Waals surface area contributed by atoms with Crippen LogP contribution in [0.3, 0.4) is 0 Å². The molecule has 0 atom stereocenters. The third-order valence-electron chi connectivity index (χ3n) is 5.11. The van der Waals surface area contributed by atoms with Crippen LogP contribution in [0.25, 0.3) is 10.9 Å². The molecule has 2 N–H and O–H groups in total. The van der Waals surface area contributed by atoms with Crippen molar-refractivity contribution in [2.24, 2.45) is 0 Å². The molecule has 0 aliphatic heterocycles. The number of hydrogen-bond acceptors (Lipinski definition) is 3. The van der Waals surface area contributed by atoms with Crippen LogP contribution in [0.4, 0.5) is 0 Å². The Morgan fingerprint density at radius 3 is 2.56 bits per heavy atom. The van der Waals surface area contributed by atoms with Gasteiger partial charge in [0.25, 0.3) is 5.56 Å². The average Bonchev–Trinajstić information content (AvgIpc) is 2.60. The second kappa shape index (κ2) is 5.87. The Labute approximate surface area is 145 Å². The molecule has 1 aromatic heterocycles. The van der Waals surface area contributed by atoms with E-state index in [-0.39, 0.29) is 11.7 Å². The number of H-pyrrole nitrogens is 1. The van der Waals surface area contributed by atoms with Crippen LogP contribution >= 0.6 is 0 Å². The molecule has 0 spiro atoms. The number of rotatable bonds is 3. The summed E-state index contributed by atoms with van der Waals surface area (Å²) in [4.78, 5) is 15.2. The van der Waals surface area contributed by atoms with Gasteiger partial charge in [0, 0.05) is 17.5 Å². The standard InChI is InChI=1S/C21H18N2O2/c22-13-21(11-18(24)12-21)17-7-5-14(6-8-17)9-16-10-15-3-1-2-4-19(15)23-20(16)25/h1-8,10,18,24H,9,11-12H2,(H,23,25)/t18-,21-. The monoisotopic (exact) mass is 330 g/mol. The van der Waals surface area contributed by atoms with E-state index in [1.807, 2.05) is 54.6 Å². The number of nitriles is 1. The SMILES string of the molecule is N#C[C@]1(c2ccc(Cc3cc4ccccc4[nH]c3=O)cc2)C[C@H](O)C1. The van der Waals surface area contributed by atoms with Crippen LogP contribution in [-0.4, -0.2) is 16.2 Å². The van der Waals surface area contributed by atoms with Gasteiger partial charge in [0.1, 0.15) is 0 Å². The molecule has 3 aromatic rings. The molecule has 2 aromatic carbocycles. The van der Waals surface area contributed by atoms with Gasteiger partial charge in [-0.25, -0.2) is 0 Å². The van der Waals surface area contributed by atoms with E-state index in [0.717, 1.165) is 27.6 Å². The lowest BCUT2D eigenvalue weighted by atomic mass is 9.64. The Kier molecular flexibility index (Phi) is 3.67. The van der Waals surface area contributed by atoms with Crippen molar-refractivity contribution < 1.29 is 5.11 Å². The number of nitrogens with zero attached hydrogens (tertiary/aromatic N) is 1. The number of para-hydroxylation sites is 1. The summed E-state index contributed by atoms with van der Waals surface area (Å²) >= 11 is 0. The highest BCUT2D eigenvalue weighted by molar-refractivity contribution is 5.78. The minimum absolute atomic E-state index is 0.0709. The Balaban J connectivity index is 1.61. The molecule has 1 aliphatic rings. The van der Waals surface area contributed by atoms with Gasteiger partial charge in [0.05, 0.1) is 17.6 Å². The van der Waals surface area contributed by atoms with Crippen molar-refractivity contribution in [3.8, 4) is 6.07 Å². The average molecular weight is 330 g/mol. The van der Waals surface area contributed by atoms with Crippen LogP contribution in [0.5, 0.6) is 0 Å². The van der Waals surface area contributed by atoms with Crippen molar-refractivity contribution in [1.82, 2.24) is 4.98 Å². The van der Waals surface area contributed by atoms with Gasteiger partial charge in [-0.15, -0.1) is 0 Å². The van der Waals surface area contributed by atoms with Gasteiger partial charge in [0.15, 0.2) is 0 Å². The maximum Gasteiger partial charge on any atom is 0.251 e. The highest BCUT2D eigenvalue weighted by Crippen LogP contribution is 2.43. The molecule has 0 saturated heterocycles. The quantitative estimate of drug-likeness (QED) is 0.775. The number of aliphatic hydroxyl groups is 1. The molecular weight excluding hydrogens is 312 g/mol. The van der Waals surface area contributed by atoms with Crippen molar-refractivity contribution in [2.45, 2.75) is 30.8 Å². The largest absolute Gasteiger partial charge is 0.393 e. The topological polar surface area (TPSA) is 76.9 Å². The number of fused-ring (bicyclic) bond motifs is 1. The van der Waals surface area contributed by atoms with Gasteiger partial charge >= 0.3 is 0 Å². The van der Waals surface area contributed by atoms with Crippen molar-refractivity contribution in [1.29, 1.82) is 5.26 Å². The second-order valence-corrected chi connectivity index (χ2v) is 6.84. The molecule has 124 valence electrons. The van der Waals surface area contributed by atoms with Crippen LogP contribution in [0.1, 0.15) is 29.5 Å². The fourth-order valence-electron chi connectivity index (χ4n) is 3.62. The van der Waals surface area contributed by atoms with E-state index < -0.39 is 5.41 Å². The highest BCUT2D eigenvalue weighted by Gasteiger charge is 2.45. The van der Waals surface area contributed by atoms with Crippen LogP contribution in [0, 0.1) is 11.3 Å². The number of aromatic amines is 1. The summed E-state index contributed by atoms with van der Waals surface area (Å²) in [5.41, 5.74) is 2.90. The molecule has 1 saturated carbocycles. The normalized spacial score (nSPS) is 22.3. The fraction of sp³-hybridized carbons (Fsp3) is 0.238. The summed E-state index contributed by atoms with van der Waals surface area (Å²) in [7, 11) is 0. The number of nitrogens with one attached hydrogen (secondary N) is 1. The molecule has 0 bridgehead atoms. The number of aromatic nitrogens is 1. The van der Waals surface area contributed by atoms with Gasteiger partial charge in [-0.05, 0) is 41.5 Å². The summed E-state index contributed by atoms with van der Waals surface area (Å²) in [6.45, 7) is 0. The molecule has 1 fully saturated rings. The van der Waals surface area contributed by atoms with E-state index in [2.05, 4.69) is 11.1 Å². The smallest absolute Gasteiger partial charge is 0.251 e. The zero-order valence-corrected chi connectivity index (χ0v) is 13.7. The molecule has 0 radical (unpaired) electrons. The summed E-state index contributed by atoms with van der Waals surface area (Å²) < 4.78 is 0. The zero-order chi connectivity index (χ0) is 17.4. The molecule has 4 rings (SSSR count). The van der Waals surface area contributed by atoms with Crippen LogP contribution < -0.4 is 5.56 Å². The first-order valence-electron chi connectivity index (χ1n) is 8.39. The van der Waals surface area contributed by atoms with Crippen molar-refractivity contribution in [3.63, 3.8) is 0 Å². The Morgan fingerprint density at radius 1 is 1.16 bits per heavy atom. The first-order chi connectivity index (χ1) is 12.1. The number of aliphatic hydroxyl groups excluding tert-OH is 1. The molecule has 1 heterocycles. The Hall–Kier alpha value is -2.90. The third-order valence-corrected chi connectivity index (χ3v) is 5.11. The summed E-state index contributed by atoms with van der Waals surface area (Å²) in [5.74, 6) is 0. The van der Waals surface area contributed by atoms with Crippen LogP contribution in [-0.2, 0) is 11.8 Å². The summed E-state index contributed by atoms with van der Waals surface area (Å²) in [6, 6.07) is 19.8. The second-order valence-electron chi connectivity index (χ2n) is 6.84. The molecule has 1 aliphatic carbocycles. The predicted molar refractivity (Wildman–Crippen MR) is 96.3 cm³/mol. The lowest BCUT2D eigenvalue weighted by molar-refractivity contribution is 0.0447. The van der Waals surface area contributed by atoms with Crippen molar-refractivity contribution in [2.75, 3.05) is 0 Å². The molecular formula is C21H18N2O2. The first-order valence-corrected chi connectivity index (χ1v) is 8.39. The van der Waals surface area contributed by atoms with E-state index in [1.54, 1.807) is 0 Å². The Morgan fingerprint density at radius 2 is 1.88 bits per heavy atom. The molecule has 0 amide bonds. The predicted octanol–water partition coefficient (Wildman–Crippen LogP) is 3.03.